The van der Waals surface area contributed by atoms with Gasteiger partial charge in [0.2, 0.25) is 0 Å². The first-order chi connectivity index (χ1) is 12.9. The highest BCUT2D eigenvalue weighted by molar-refractivity contribution is 5.89. The van der Waals surface area contributed by atoms with E-state index in [0.717, 1.165) is 40.8 Å². The van der Waals surface area contributed by atoms with Crippen molar-refractivity contribution in [3.05, 3.63) is 40.8 Å². The van der Waals surface area contributed by atoms with Crippen molar-refractivity contribution in [2.75, 3.05) is 13.7 Å². The Morgan fingerprint density at radius 3 is 2.78 bits per heavy atom. The Kier molecular flexibility index (Phi) is 5.65. The molecule has 2 heterocycles. The number of hydrogen-bond donors (Lipinski definition) is 1. The van der Waals surface area contributed by atoms with Gasteiger partial charge < -0.3 is 19.0 Å². The van der Waals surface area contributed by atoms with Crippen LogP contribution in [0.2, 0.25) is 0 Å². The zero-order chi connectivity index (χ0) is 19.6. The predicted octanol–water partition coefficient (Wildman–Crippen LogP) is 4.11. The topological polar surface area (TPSA) is 81.3 Å². The number of allylic oxidation sites excluding steroid dienone is 1. The number of ether oxygens (including phenoxy) is 2. The predicted molar refractivity (Wildman–Crippen MR) is 103 cm³/mol. The van der Waals surface area contributed by atoms with Gasteiger partial charge in [-0.05, 0) is 51.3 Å². The molecule has 144 valence electrons. The maximum Gasteiger partial charge on any atom is 0.310 e. The smallest absolute Gasteiger partial charge is 0.310 e. The highest BCUT2D eigenvalue weighted by Crippen LogP contribution is 2.36. The number of nitrogens with zero attached hydrogens (tertiary/aromatic N) is 1. The molecule has 0 radical (unpaired) electrons. The second-order valence-electron chi connectivity index (χ2n) is 6.87. The van der Waals surface area contributed by atoms with Crippen LogP contribution in [0, 0.1) is 0 Å². The largest absolute Gasteiger partial charge is 0.489 e. The molecule has 1 aliphatic heterocycles. The van der Waals surface area contributed by atoms with Gasteiger partial charge in [0.15, 0.2) is 0 Å². The fourth-order valence-electron chi connectivity index (χ4n) is 3.32. The van der Waals surface area contributed by atoms with Crippen molar-refractivity contribution in [1.82, 2.24) is 0 Å². The molecule has 1 aromatic heterocycles. The van der Waals surface area contributed by atoms with Gasteiger partial charge in [0, 0.05) is 22.4 Å². The number of esters is 1. The summed E-state index contributed by atoms with van der Waals surface area (Å²) >= 11 is 0. The molecular formula is C21H25NO5. The number of fused-ring (bicyclic) bond motifs is 1. The maximum absolute atomic E-state index is 11.6. The summed E-state index contributed by atoms with van der Waals surface area (Å²) in [5.41, 5.74) is 5.12. The number of hydrogen-bond acceptors (Lipinski definition) is 6. The monoisotopic (exact) mass is 371 g/mol. The highest BCUT2D eigenvalue weighted by Gasteiger charge is 2.21. The van der Waals surface area contributed by atoms with Gasteiger partial charge in [-0.1, -0.05) is 0 Å². The Morgan fingerprint density at radius 1 is 1.33 bits per heavy atom. The number of aliphatic hydroxyl groups excluding tert-OH is 1. The SMILES string of the molecule is COC(=O)Cc1coc2c(C(C)O)c(OCC3=C(C)N=C(C)CC3)ccc12. The maximum atomic E-state index is 11.6. The molecule has 27 heavy (non-hydrogen) atoms. The summed E-state index contributed by atoms with van der Waals surface area (Å²) in [5.74, 6) is 0.232. The van der Waals surface area contributed by atoms with E-state index >= 15 is 0 Å². The van der Waals surface area contributed by atoms with E-state index in [-0.39, 0.29) is 12.4 Å². The lowest BCUT2D eigenvalue weighted by Crippen LogP contribution is -2.10. The minimum atomic E-state index is -0.775. The number of carbonyl (C=O) groups excluding carboxylic acids is 1. The molecule has 6 heteroatoms. The minimum absolute atomic E-state index is 0.117. The summed E-state index contributed by atoms with van der Waals surface area (Å²) < 4.78 is 16.4. The van der Waals surface area contributed by atoms with Gasteiger partial charge in [0.25, 0.3) is 0 Å². The summed E-state index contributed by atoms with van der Waals surface area (Å²) in [7, 11) is 1.35. The fraction of sp³-hybridized carbons (Fsp3) is 0.429. The second-order valence-corrected chi connectivity index (χ2v) is 6.87. The number of rotatable bonds is 6. The number of methoxy groups -OCH3 is 1. The van der Waals surface area contributed by atoms with Gasteiger partial charge >= 0.3 is 5.97 Å². The summed E-state index contributed by atoms with van der Waals surface area (Å²) in [6.07, 6.45) is 2.74. The van der Waals surface area contributed by atoms with E-state index in [1.807, 2.05) is 26.0 Å². The molecule has 6 nitrogen and oxygen atoms in total. The lowest BCUT2D eigenvalue weighted by atomic mass is 10.0. The van der Waals surface area contributed by atoms with Crippen molar-refractivity contribution in [2.45, 2.75) is 46.1 Å². The molecule has 0 saturated heterocycles. The van der Waals surface area contributed by atoms with Crippen molar-refractivity contribution in [1.29, 1.82) is 0 Å². The summed E-state index contributed by atoms with van der Waals surface area (Å²) in [5, 5.41) is 11.1. The molecule has 1 atom stereocenters. The highest BCUT2D eigenvalue weighted by atomic mass is 16.5. The minimum Gasteiger partial charge on any atom is -0.489 e. The quantitative estimate of drug-likeness (QED) is 0.773. The zero-order valence-electron chi connectivity index (χ0n) is 16.2. The van der Waals surface area contributed by atoms with Crippen LogP contribution < -0.4 is 4.74 Å². The van der Waals surface area contributed by atoms with E-state index in [0.29, 0.717) is 23.5 Å². The van der Waals surface area contributed by atoms with Gasteiger partial charge in [-0.25, -0.2) is 0 Å². The van der Waals surface area contributed by atoms with E-state index in [9.17, 15) is 9.90 Å². The fourth-order valence-corrected chi connectivity index (χ4v) is 3.32. The third-order valence-corrected chi connectivity index (χ3v) is 4.86. The molecule has 0 amide bonds. The third kappa shape index (κ3) is 4.06. The number of benzene rings is 1. The van der Waals surface area contributed by atoms with Crippen LogP contribution in [0.15, 0.2) is 39.1 Å². The molecule has 0 saturated carbocycles. The average Bonchev–Trinajstić information content (AvgIpc) is 3.02. The molecular weight excluding hydrogens is 346 g/mol. The number of aliphatic hydroxyl groups is 1. The van der Waals surface area contributed by atoms with Crippen LogP contribution in [0.5, 0.6) is 5.75 Å². The Hall–Kier alpha value is -2.60. The summed E-state index contributed by atoms with van der Waals surface area (Å²) in [6, 6.07) is 3.66. The Labute approximate surface area is 158 Å². The van der Waals surface area contributed by atoms with E-state index in [1.165, 1.54) is 13.4 Å². The average molecular weight is 371 g/mol. The van der Waals surface area contributed by atoms with E-state index < -0.39 is 6.10 Å². The van der Waals surface area contributed by atoms with Crippen molar-refractivity contribution >= 4 is 22.7 Å². The molecule has 1 aromatic carbocycles. The van der Waals surface area contributed by atoms with Gasteiger partial charge in [-0.3, -0.25) is 9.79 Å². The number of aliphatic imine (C=N–C) groups is 1. The van der Waals surface area contributed by atoms with E-state index in [1.54, 1.807) is 6.92 Å². The van der Waals surface area contributed by atoms with Gasteiger partial charge in [0.05, 0.1) is 31.5 Å². The molecule has 0 aliphatic carbocycles. The van der Waals surface area contributed by atoms with Crippen molar-refractivity contribution in [2.24, 2.45) is 4.99 Å². The van der Waals surface area contributed by atoms with Crippen LogP contribution in [0.25, 0.3) is 11.0 Å². The molecule has 2 aromatic rings. The van der Waals surface area contributed by atoms with Crippen LogP contribution in [-0.4, -0.2) is 30.5 Å². The Morgan fingerprint density at radius 2 is 2.11 bits per heavy atom. The van der Waals surface area contributed by atoms with Crippen molar-refractivity contribution in [3.8, 4) is 5.75 Å². The van der Waals surface area contributed by atoms with E-state index in [2.05, 4.69) is 4.99 Å². The normalized spacial score (nSPS) is 15.7. The zero-order valence-corrected chi connectivity index (χ0v) is 16.2. The van der Waals surface area contributed by atoms with Crippen LogP contribution in [0.4, 0.5) is 0 Å². The first-order valence-electron chi connectivity index (χ1n) is 9.04. The molecule has 0 fully saturated rings. The first-order valence-corrected chi connectivity index (χ1v) is 9.04. The number of furan rings is 1. The lowest BCUT2D eigenvalue weighted by molar-refractivity contribution is -0.139. The van der Waals surface area contributed by atoms with Gasteiger partial charge in [0.1, 0.15) is 17.9 Å². The molecule has 0 spiro atoms. The van der Waals surface area contributed by atoms with Crippen molar-refractivity contribution < 1.29 is 23.8 Å². The van der Waals surface area contributed by atoms with Crippen molar-refractivity contribution in [3.63, 3.8) is 0 Å². The van der Waals surface area contributed by atoms with Gasteiger partial charge in [-0.2, -0.15) is 0 Å². The lowest BCUT2D eigenvalue weighted by Gasteiger charge is -2.18. The first kappa shape index (κ1) is 19.2. The molecule has 1 N–H and O–H groups in total. The van der Waals surface area contributed by atoms with Crippen LogP contribution in [0.1, 0.15) is 50.8 Å². The van der Waals surface area contributed by atoms with Crippen LogP contribution >= 0.6 is 0 Å². The molecule has 3 rings (SSSR count). The Balaban J connectivity index is 1.91. The van der Waals surface area contributed by atoms with Crippen LogP contribution in [-0.2, 0) is 16.0 Å². The Bertz CT molecular complexity index is 920. The van der Waals surface area contributed by atoms with E-state index in [4.69, 9.17) is 13.9 Å². The standard InChI is InChI=1S/C21H25NO5/c1-12-5-6-15(13(2)22-12)10-26-18-8-7-17-16(9-19(24)25-4)11-27-21(17)20(18)14(3)23/h7-8,11,14,23H,5-6,9-10H2,1-4H3. The summed E-state index contributed by atoms with van der Waals surface area (Å²) in [4.78, 5) is 16.1. The molecule has 1 unspecified atom stereocenters. The molecule has 1 aliphatic rings. The molecule has 0 bridgehead atoms. The summed E-state index contributed by atoms with van der Waals surface area (Å²) in [6.45, 7) is 6.11. The number of carbonyl (C=O) groups is 1. The second kappa shape index (κ2) is 7.96. The third-order valence-electron chi connectivity index (χ3n) is 4.86. The van der Waals surface area contributed by atoms with Crippen LogP contribution in [0.3, 0.4) is 0 Å². The van der Waals surface area contributed by atoms with Gasteiger partial charge in [-0.15, -0.1) is 0 Å².